The van der Waals surface area contributed by atoms with E-state index in [0.717, 1.165) is 5.92 Å². The van der Waals surface area contributed by atoms with Crippen molar-refractivity contribution < 1.29 is 4.42 Å². The first-order chi connectivity index (χ1) is 7.92. The minimum atomic E-state index is 0.124. The van der Waals surface area contributed by atoms with Crippen LogP contribution in [0.1, 0.15) is 40.0 Å². The smallest absolute Gasteiger partial charge is 0.317 e. The Morgan fingerprint density at radius 1 is 1.35 bits per heavy atom. The highest BCUT2D eigenvalue weighted by Crippen LogP contribution is 2.63. The number of aromatic nitrogens is 2. The van der Waals surface area contributed by atoms with E-state index in [4.69, 9.17) is 10.2 Å². The Bertz CT molecular complexity index is 437. The zero-order chi connectivity index (χ0) is 12.3. The Hall–Kier alpha value is -1.26. The van der Waals surface area contributed by atoms with Gasteiger partial charge in [0.1, 0.15) is 0 Å². The zero-order valence-corrected chi connectivity index (χ0v) is 10.7. The molecule has 2 bridgehead atoms. The predicted molar refractivity (Wildman–Crippen MR) is 65.4 cm³/mol. The molecule has 3 N–H and O–H groups in total. The van der Waals surface area contributed by atoms with Crippen molar-refractivity contribution in [2.45, 2.75) is 46.1 Å². The van der Waals surface area contributed by atoms with Crippen LogP contribution in [0.2, 0.25) is 0 Å². The molecule has 5 heteroatoms. The van der Waals surface area contributed by atoms with Gasteiger partial charge in [0.05, 0.1) is 0 Å². The maximum atomic E-state index is 5.45. The number of hydrogen-bond donors (Lipinski definition) is 2. The summed E-state index contributed by atoms with van der Waals surface area (Å²) in [5.74, 6) is 0.797. The summed E-state index contributed by atoms with van der Waals surface area (Å²) in [5.41, 5.74) is 6.07. The van der Waals surface area contributed by atoms with E-state index in [0.29, 0.717) is 17.5 Å². The Balaban J connectivity index is 1.87. The van der Waals surface area contributed by atoms with Crippen molar-refractivity contribution in [3.63, 3.8) is 0 Å². The monoisotopic (exact) mass is 236 g/mol. The van der Waals surface area contributed by atoms with E-state index in [1.165, 1.54) is 19.3 Å². The molecular weight excluding hydrogens is 216 g/mol. The van der Waals surface area contributed by atoms with Crippen LogP contribution in [0.3, 0.4) is 0 Å². The Morgan fingerprint density at radius 2 is 2.12 bits per heavy atom. The number of nitrogen functional groups attached to an aromatic ring is 1. The highest BCUT2D eigenvalue weighted by Gasteiger charge is 2.59. The number of nitrogens with one attached hydrogen (secondary N) is 1. The standard InChI is InChI=1S/C12H20N4O/c1-11(2)7-4-5-12(3,6-7)8(11)14-10-16-15-9(13)17-10/h7-8H,4-6H2,1-3H3,(H2,13,15)(H,14,16). The Morgan fingerprint density at radius 3 is 2.65 bits per heavy atom. The van der Waals surface area contributed by atoms with Gasteiger partial charge in [0.15, 0.2) is 0 Å². The molecule has 0 amide bonds. The second-order valence-electron chi connectivity index (χ2n) is 6.44. The summed E-state index contributed by atoms with van der Waals surface area (Å²) >= 11 is 0. The lowest BCUT2D eigenvalue weighted by atomic mass is 9.68. The number of fused-ring (bicyclic) bond motifs is 2. The Kier molecular flexibility index (Phi) is 2.01. The minimum absolute atomic E-state index is 0.124. The van der Waals surface area contributed by atoms with E-state index in [9.17, 15) is 0 Å². The van der Waals surface area contributed by atoms with Gasteiger partial charge in [0.2, 0.25) is 0 Å². The summed E-state index contributed by atoms with van der Waals surface area (Å²) in [7, 11) is 0. The highest BCUT2D eigenvalue weighted by atomic mass is 16.4. The lowest BCUT2D eigenvalue weighted by molar-refractivity contribution is 0.153. The maximum Gasteiger partial charge on any atom is 0.317 e. The molecule has 1 aromatic rings. The molecule has 0 aromatic carbocycles. The van der Waals surface area contributed by atoms with Crippen LogP contribution in [0, 0.1) is 16.7 Å². The summed E-state index contributed by atoms with van der Waals surface area (Å²) < 4.78 is 5.24. The van der Waals surface area contributed by atoms with Gasteiger partial charge in [0.25, 0.3) is 0 Å². The molecule has 94 valence electrons. The van der Waals surface area contributed by atoms with E-state index >= 15 is 0 Å². The van der Waals surface area contributed by atoms with Crippen molar-refractivity contribution in [2.24, 2.45) is 16.7 Å². The molecule has 2 saturated carbocycles. The third-order valence-electron chi connectivity index (χ3n) is 4.98. The number of nitrogens with two attached hydrogens (primary N) is 1. The average molecular weight is 236 g/mol. The first-order valence-corrected chi connectivity index (χ1v) is 6.27. The lowest BCUT2D eigenvalue weighted by Gasteiger charge is -2.42. The highest BCUT2D eigenvalue weighted by molar-refractivity contribution is 5.30. The summed E-state index contributed by atoms with van der Waals surface area (Å²) in [5, 5.41) is 11.0. The summed E-state index contributed by atoms with van der Waals surface area (Å²) in [6.07, 6.45) is 3.91. The van der Waals surface area contributed by atoms with Crippen LogP contribution in [0.25, 0.3) is 0 Å². The van der Waals surface area contributed by atoms with Crippen LogP contribution in [-0.4, -0.2) is 16.2 Å². The molecule has 2 aliphatic rings. The first-order valence-electron chi connectivity index (χ1n) is 6.27. The molecule has 3 atom stereocenters. The number of anilines is 2. The normalized spacial score (nSPS) is 38.5. The predicted octanol–water partition coefficient (Wildman–Crippen LogP) is 2.28. The van der Waals surface area contributed by atoms with Crippen molar-refractivity contribution >= 4 is 12.0 Å². The third-order valence-corrected chi connectivity index (χ3v) is 4.98. The molecule has 2 fully saturated rings. The van der Waals surface area contributed by atoms with E-state index < -0.39 is 0 Å². The molecule has 0 radical (unpaired) electrons. The zero-order valence-electron chi connectivity index (χ0n) is 10.7. The van der Waals surface area contributed by atoms with E-state index in [1.807, 2.05) is 0 Å². The third kappa shape index (κ3) is 1.44. The molecule has 3 unspecified atom stereocenters. The lowest BCUT2D eigenvalue weighted by Crippen LogP contribution is -2.45. The molecule has 1 aromatic heterocycles. The first kappa shape index (κ1) is 10.9. The SMILES string of the molecule is CC12CCC(C1)C(C)(C)C2Nc1nnc(N)o1. The molecule has 2 aliphatic carbocycles. The van der Waals surface area contributed by atoms with Crippen LogP contribution in [0.4, 0.5) is 12.0 Å². The molecule has 0 saturated heterocycles. The van der Waals surface area contributed by atoms with Crippen molar-refractivity contribution in [3.05, 3.63) is 0 Å². The minimum Gasteiger partial charge on any atom is -0.390 e. The van der Waals surface area contributed by atoms with Gasteiger partial charge in [-0.05, 0) is 36.0 Å². The van der Waals surface area contributed by atoms with Crippen molar-refractivity contribution in [3.8, 4) is 0 Å². The molecule has 1 heterocycles. The molecule has 0 spiro atoms. The van der Waals surface area contributed by atoms with Gasteiger partial charge >= 0.3 is 12.0 Å². The van der Waals surface area contributed by atoms with Crippen LogP contribution < -0.4 is 11.1 Å². The quantitative estimate of drug-likeness (QED) is 0.823. The van der Waals surface area contributed by atoms with Crippen LogP contribution in [-0.2, 0) is 0 Å². The van der Waals surface area contributed by atoms with Gasteiger partial charge in [-0.15, -0.1) is 0 Å². The molecular formula is C12H20N4O. The summed E-state index contributed by atoms with van der Waals surface area (Å²) in [6.45, 7) is 7.03. The van der Waals surface area contributed by atoms with Gasteiger partial charge in [-0.1, -0.05) is 31.0 Å². The summed E-state index contributed by atoms with van der Waals surface area (Å²) in [6, 6.07) is 0.960. The van der Waals surface area contributed by atoms with E-state index in [1.54, 1.807) is 0 Å². The van der Waals surface area contributed by atoms with Gasteiger partial charge in [-0.2, -0.15) is 0 Å². The largest absolute Gasteiger partial charge is 0.390 e. The summed E-state index contributed by atoms with van der Waals surface area (Å²) in [4.78, 5) is 0. The fourth-order valence-corrected chi connectivity index (χ4v) is 4.08. The molecule has 17 heavy (non-hydrogen) atoms. The maximum absolute atomic E-state index is 5.45. The average Bonchev–Trinajstić information content (AvgIpc) is 2.85. The van der Waals surface area contributed by atoms with Gasteiger partial charge < -0.3 is 15.5 Å². The number of rotatable bonds is 2. The number of nitrogens with zero attached hydrogens (tertiary/aromatic N) is 2. The van der Waals surface area contributed by atoms with E-state index in [-0.39, 0.29) is 11.4 Å². The molecule has 5 nitrogen and oxygen atoms in total. The van der Waals surface area contributed by atoms with Crippen LogP contribution >= 0.6 is 0 Å². The van der Waals surface area contributed by atoms with E-state index in [2.05, 4.69) is 36.3 Å². The van der Waals surface area contributed by atoms with Crippen molar-refractivity contribution in [1.82, 2.24) is 10.2 Å². The van der Waals surface area contributed by atoms with Gasteiger partial charge in [-0.3, -0.25) is 0 Å². The number of hydrogen-bond acceptors (Lipinski definition) is 5. The van der Waals surface area contributed by atoms with Gasteiger partial charge in [-0.25, -0.2) is 0 Å². The second-order valence-corrected chi connectivity index (χ2v) is 6.44. The van der Waals surface area contributed by atoms with Crippen LogP contribution in [0.15, 0.2) is 4.42 Å². The fourth-order valence-electron chi connectivity index (χ4n) is 4.08. The van der Waals surface area contributed by atoms with Crippen molar-refractivity contribution in [2.75, 3.05) is 11.1 Å². The van der Waals surface area contributed by atoms with Crippen LogP contribution in [0.5, 0.6) is 0 Å². The molecule has 3 rings (SSSR count). The second kappa shape index (κ2) is 3.15. The van der Waals surface area contributed by atoms with Crippen molar-refractivity contribution in [1.29, 1.82) is 0 Å². The Labute approximate surface area is 101 Å². The molecule has 0 aliphatic heterocycles. The fraction of sp³-hybridized carbons (Fsp3) is 0.833. The topological polar surface area (TPSA) is 77.0 Å². The van der Waals surface area contributed by atoms with Gasteiger partial charge in [0, 0.05) is 6.04 Å².